The minimum absolute atomic E-state index is 0.231. The van der Waals surface area contributed by atoms with Crippen LogP contribution in [0.25, 0.3) is 0 Å². The number of ether oxygens (including phenoxy) is 2. The van der Waals surface area contributed by atoms with Crippen LogP contribution in [-0.4, -0.2) is 43.3 Å². The van der Waals surface area contributed by atoms with Crippen molar-refractivity contribution in [2.75, 3.05) is 20.3 Å². The molecule has 0 bridgehead atoms. The topological polar surface area (TPSA) is 108 Å². The van der Waals surface area contributed by atoms with Crippen LogP contribution in [0.4, 0.5) is 0 Å². The summed E-state index contributed by atoms with van der Waals surface area (Å²) in [7, 11) is -3.20. The summed E-state index contributed by atoms with van der Waals surface area (Å²) in [5.74, 6) is -0.820. The lowest BCUT2D eigenvalue weighted by atomic mass is 10.1. The van der Waals surface area contributed by atoms with Crippen molar-refractivity contribution in [3.63, 3.8) is 0 Å². The standard InChI is InChI=1S/C40H73O8P/c1-4-6-8-10-12-14-16-17-18-19-20-21-22-23-25-27-29-31-33-35-40(42)48-38(37-47-49(43,44)45-3)36-46-39(41)34-32-30-28-26-24-15-13-11-9-7-5-2/h11-14,17-18,38H,4-10,15-16,19-37H2,1-3H3,(H,43,44)/b13-11-,14-12-,18-17-. The van der Waals surface area contributed by atoms with Crippen molar-refractivity contribution in [1.82, 2.24) is 0 Å². The second-order valence-corrected chi connectivity index (χ2v) is 14.6. The van der Waals surface area contributed by atoms with Gasteiger partial charge in [0.25, 0.3) is 0 Å². The third kappa shape index (κ3) is 35.9. The Hall–Kier alpha value is -1.73. The average Bonchev–Trinajstić information content (AvgIpc) is 3.09. The van der Waals surface area contributed by atoms with Gasteiger partial charge in [-0.05, 0) is 64.2 Å². The van der Waals surface area contributed by atoms with Gasteiger partial charge in [-0.15, -0.1) is 0 Å². The van der Waals surface area contributed by atoms with E-state index in [0.717, 1.165) is 77.7 Å². The Morgan fingerprint density at radius 1 is 0.571 bits per heavy atom. The van der Waals surface area contributed by atoms with Crippen LogP contribution in [0.2, 0.25) is 0 Å². The molecule has 0 spiro atoms. The number of hydrogen-bond acceptors (Lipinski definition) is 7. The molecule has 0 saturated heterocycles. The van der Waals surface area contributed by atoms with Gasteiger partial charge in [-0.2, -0.15) is 0 Å². The second-order valence-electron chi connectivity index (χ2n) is 13.1. The van der Waals surface area contributed by atoms with E-state index in [0.29, 0.717) is 6.42 Å². The first-order valence-electron chi connectivity index (χ1n) is 19.7. The van der Waals surface area contributed by atoms with Gasteiger partial charge in [0.05, 0.1) is 6.61 Å². The van der Waals surface area contributed by atoms with Crippen LogP contribution in [-0.2, 0) is 32.7 Å². The summed E-state index contributed by atoms with van der Waals surface area (Å²) in [4.78, 5) is 34.3. The molecule has 0 aliphatic carbocycles. The number of phosphoric acid groups is 1. The number of allylic oxidation sites excluding steroid dienone is 6. The van der Waals surface area contributed by atoms with Gasteiger partial charge >= 0.3 is 19.8 Å². The highest BCUT2D eigenvalue weighted by atomic mass is 31.2. The number of rotatable bonds is 36. The highest BCUT2D eigenvalue weighted by Crippen LogP contribution is 2.42. The summed E-state index contributed by atoms with van der Waals surface area (Å²) in [5, 5.41) is 0. The third-order valence-electron chi connectivity index (χ3n) is 8.36. The molecule has 0 amide bonds. The van der Waals surface area contributed by atoms with E-state index >= 15 is 0 Å². The van der Waals surface area contributed by atoms with Crippen molar-refractivity contribution < 1.29 is 37.6 Å². The lowest BCUT2D eigenvalue weighted by Gasteiger charge is -2.19. The minimum atomic E-state index is -4.26. The van der Waals surface area contributed by atoms with Gasteiger partial charge in [-0.25, -0.2) is 4.57 Å². The molecule has 0 radical (unpaired) electrons. The molecule has 0 aliphatic rings. The van der Waals surface area contributed by atoms with Gasteiger partial charge in [0.1, 0.15) is 6.61 Å². The summed E-state index contributed by atoms with van der Waals surface area (Å²) in [5.41, 5.74) is 0. The van der Waals surface area contributed by atoms with E-state index in [2.05, 4.69) is 54.8 Å². The SMILES string of the molecule is CCCC/C=C\CCCCCCCC(=O)OCC(COP(=O)(O)OC)OC(=O)CCCCCCCCCCC/C=C\C/C=C\CCCCC. The molecule has 49 heavy (non-hydrogen) atoms. The summed E-state index contributed by atoms with van der Waals surface area (Å²) in [6, 6.07) is 0. The first-order chi connectivity index (χ1) is 23.8. The Balaban J connectivity index is 4.02. The van der Waals surface area contributed by atoms with Crippen molar-refractivity contribution in [1.29, 1.82) is 0 Å². The van der Waals surface area contributed by atoms with Crippen LogP contribution >= 0.6 is 7.82 Å². The van der Waals surface area contributed by atoms with E-state index in [9.17, 15) is 19.0 Å². The first-order valence-corrected chi connectivity index (χ1v) is 21.2. The van der Waals surface area contributed by atoms with Crippen LogP contribution in [0.3, 0.4) is 0 Å². The third-order valence-corrected chi connectivity index (χ3v) is 9.29. The van der Waals surface area contributed by atoms with Gasteiger partial charge in [0.2, 0.25) is 0 Å². The lowest BCUT2D eigenvalue weighted by molar-refractivity contribution is -0.161. The molecule has 1 N–H and O–H groups in total. The fraction of sp³-hybridized carbons (Fsp3) is 0.800. The number of esters is 2. The number of phosphoric ester groups is 1. The van der Waals surface area contributed by atoms with E-state index in [-0.39, 0.29) is 25.4 Å². The van der Waals surface area contributed by atoms with Crippen LogP contribution in [0.15, 0.2) is 36.5 Å². The zero-order valence-electron chi connectivity index (χ0n) is 31.6. The monoisotopic (exact) mass is 713 g/mol. The molecule has 2 atom stereocenters. The number of carbonyl (C=O) groups is 2. The van der Waals surface area contributed by atoms with Crippen molar-refractivity contribution >= 4 is 19.8 Å². The van der Waals surface area contributed by atoms with E-state index in [1.165, 1.54) is 77.0 Å². The fourth-order valence-electron chi connectivity index (χ4n) is 5.26. The molecule has 286 valence electrons. The molecule has 2 unspecified atom stereocenters. The zero-order valence-corrected chi connectivity index (χ0v) is 32.5. The van der Waals surface area contributed by atoms with Crippen molar-refractivity contribution in [2.24, 2.45) is 0 Å². The smallest absolute Gasteiger partial charge is 0.462 e. The van der Waals surface area contributed by atoms with Crippen LogP contribution in [0, 0.1) is 0 Å². The van der Waals surface area contributed by atoms with Crippen molar-refractivity contribution in [3.05, 3.63) is 36.5 Å². The van der Waals surface area contributed by atoms with Crippen LogP contribution in [0.5, 0.6) is 0 Å². The molecule has 0 fully saturated rings. The Kier molecular flexibility index (Phi) is 34.8. The maximum Gasteiger partial charge on any atom is 0.472 e. The highest BCUT2D eigenvalue weighted by molar-refractivity contribution is 7.47. The quantitative estimate of drug-likeness (QED) is 0.0296. The largest absolute Gasteiger partial charge is 0.472 e. The molecule has 9 heteroatoms. The van der Waals surface area contributed by atoms with Gasteiger partial charge in [0, 0.05) is 20.0 Å². The summed E-state index contributed by atoms with van der Waals surface area (Å²) in [6.07, 6.45) is 40.5. The Morgan fingerprint density at radius 2 is 1.00 bits per heavy atom. The molecule has 0 aliphatic heterocycles. The molecule has 0 aromatic rings. The van der Waals surface area contributed by atoms with Gasteiger partial charge < -0.3 is 14.4 Å². The van der Waals surface area contributed by atoms with E-state index in [4.69, 9.17) is 14.0 Å². The summed E-state index contributed by atoms with van der Waals surface area (Å²) >= 11 is 0. The van der Waals surface area contributed by atoms with Crippen molar-refractivity contribution in [2.45, 2.75) is 187 Å². The maximum absolute atomic E-state index is 12.5. The maximum atomic E-state index is 12.5. The minimum Gasteiger partial charge on any atom is -0.462 e. The number of unbranched alkanes of at least 4 members (excludes halogenated alkanes) is 19. The second kappa shape index (κ2) is 36.1. The molecule has 0 aromatic heterocycles. The molecular weight excluding hydrogens is 639 g/mol. The van der Waals surface area contributed by atoms with Gasteiger partial charge in [0.15, 0.2) is 6.10 Å². The summed E-state index contributed by atoms with van der Waals surface area (Å²) in [6.45, 7) is 3.80. The molecule has 0 heterocycles. The molecule has 0 rings (SSSR count). The van der Waals surface area contributed by atoms with E-state index in [1.54, 1.807) is 0 Å². The van der Waals surface area contributed by atoms with E-state index < -0.39 is 26.5 Å². The Bertz CT molecular complexity index is 901. The van der Waals surface area contributed by atoms with E-state index in [1.807, 2.05) is 0 Å². The first kappa shape index (κ1) is 47.3. The van der Waals surface area contributed by atoms with Crippen LogP contribution < -0.4 is 0 Å². The normalized spacial score (nSPS) is 13.8. The fourth-order valence-corrected chi connectivity index (χ4v) is 5.72. The van der Waals surface area contributed by atoms with Crippen molar-refractivity contribution in [3.8, 4) is 0 Å². The molecular formula is C40H73O8P. The molecule has 0 saturated carbocycles. The molecule has 8 nitrogen and oxygen atoms in total. The highest BCUT2D eigenvalue weighted by Gasteiger charge is 2.24. The Morgan fingerprint density at radius 3 is 1.51 bits per heavy atom. The lowest BCUT2D eigenvalue weighted by Crippen LogP contribution is -2.29. The predicted molar refractivity (Wildman–Crippen MR) is 202 cm³/mol. The zero-order chi connectivity index (χ0) is 36.1. The summed E-state index contributed by atoms with van der Waals surface area (Å²) < 4.78 is 31.9. The molecule has 0 aromatic carbocycles. The Labute approximate surface area is 300 Å². The predicted octanol–water partition coefficient (Wildman–Crippen LogP) is 12.1. The number of carbonyl (C=O) groups excluding carboxylic acids is 2. The van der Waals surface area contributed by atoms with Gasteiger partial charge in [-0.3, -0.25) is 18.6 Å². The van der Waals surface area contributed by atoms with Gasteiger partial charge in [-0.1, -0.05) is 140 Å². The van der Waals surface area contributed by atoms with Crippen LogP contribution in [0.1, 0.15) is 181 Å². The number of hydrogen-bond donors (Lipinski definition) is 1. The average molecular weight is 713 g/mol.